The number of benzene rings is 1. The van der Waals surface area contributed by atoms with Crippen molar-refractivity contribution in [2.24, 2.45) is 5.92 Å². The highest BCUT2D eigenvalue weighted by molar-refractivity contribution is 6.59. The molecule has 1 aliphatic carbocycles. The van der Waals surface area contributed by atoms with Crippen LogP contribution in [0.4, 0.5) is 4.39 Å². The van der Waals surface area contributed by atoms with E-state index in [1.165, 1.54) is 50.7 Å². The summed E-state index contributed by atoms with van der Waals surface area (Å²) in [4.78, 5) is 2.46. The maximum absolute atomic E-state index is 13.3. The van der Waals surface area contributed by atoms with E-state index in [1.54, 1.807) is 6.07 Å². The van der Waals surface area contributed by atoms with E-state index in [1.807, 2.05) is 0 Å². The smallest absolute Gasteiger partial charge is 0.423 e. The first kappa shape index (κ1) is 15.0. The number of hydrogen-bond acceptors (Lipinski definition) is 3. The normalized spacial score (nSPS) is 26.4. The Bertz CT molecular complexity index is 495. The highest BCUT2D eigenvalue weighted by Gasteiger charge is 2.33. The number of rotatable bonds is 3. The van der Waals surface area contributed by atoms with E-state index in [9.17, 15) is 14.4 Å². The minimum absolute atomic E-state index is 0.299. The van der Waals surface area contributed by atoms with Gasteiger partial charge in [0.1, 0.15) is 5.82 Å². The van der Waals surface area contributed by atoms with E-state index >= 15 is 0 Å². The molecule has 114 valence electrons. The van der Waals surface area contributed by atoms with E-state index in [2.05, 4.69) is 4.90 Å². The molecule has 2 fully saturated rings. The first-order valence-corrected chi connectivity index (χ1v) is 8.03. The number of piperidine rings is 1. The zero-order chi connectivity index (χ0) is 14.8. The lowest BCUT2D eigenvalue weighted by Gasteiger charge is -2.44. The third-order valence-electron chi connectivity index (χ3n) is 5.12. The molecule has 0 spiro atoms. The first-order valence-electron chi connectivity index (χ1n) is 8.03. The van der Waals surface area contributed by atoms with Gasteiger partial charge in [0, 0.05) is 12.6 Å². The SMILES string of the molecule is OB(O)c1cc(F)ccc1CN1CCCC2CCCCC21. The number of nitrogens with zero attached hydrogens (tertiary/aromatic N) is 1. The van der Waals surface area contributed by atoms with Crippen LogP contribution in [0.2, 0.25) is 0 Å². The molecule has 2 unspecified atom stereocenters. The molecule has 3 nitrogen and oxygen atoms in total. The van der Waals surface area contributed by atoms with Crippen molar-refractivity contribution in [2.45, 2.75) is 51.1 Å². The maximum Gasteiger partial charge on any atom is 0.488 e. The number of fused-ring (bicyclic) bond motifs is 1. The Morgan fingerprint density at radius 2 is 1.90 bits per heavy atom. The van der Waals surface area contributed by atoms with Crippen molar-refractivity contribution >= 4 is 12.6 Å². The quantitative estimate of drug-likeness (QED) is 0.832. The van der Waals surface area contributed by atoms with Crippen LogP contribution in [0.1, 0.15) is 44.1 Å². The molecule has 3 rings (SSSR count). The summed E-state index contributed by atoms with van der Waals surface area (Å²) in [7, 11) is -1.61. The highest BCUT2D eigenvalue weighted by Crippen LogP contribution is 2.35. The zero-order valence-electron chi connectivity index (χ0n) is 12.3. The second-order valence-electron chi connectivity index (χ2n) is 6.44. The number of likely N-dealkylation sites (tertiary alicyclic amines) is 1. The summed E-state index contributed by atoms with van der Waals surface area (Å²) < 4.78 is 13.3. The molecule has 1 heterocycles. The Hall–Kier alpha value is -0.905. The van der Waals surface area contributed by atoms with Gasteiger partial charge in [0.2, 0.25) is 0 Å². The average Bonchev–Trinajstić information content (AvgIpc) is 2.49. The Kier molecular flexibility index (Phi) is 4.62. The largest absolute Gasteiger partial charge is 0.488 e. The molecular weight excluding hydrogens is 268 g/mol. The van der Waals surface area contributed by atoms with Crippen molar-refractivity contribution in [1.82, 2.24) is 4.90 Å². The van der Waals surface area contributed by atoms with E-state index in [0.29, 0.717) is 18.0 Å². The minimum atomic E-state index is -1.61. The summed E-state index contributed by atoms with van der Waals surface area (Å²) in [6, 6.07) is 4.95. The molecule has 1 aromatic carbocycles. The van der Waals surface area contributed by atoms with E-state index in [4.69, 9.17) is 0 Å². The Morgan fingerprint density at radius 1 is 1.14 bits per heavy atom. The fourth-order valence-corrected chi connectivity index (χ4v) is 4.09. The molecule has 5 heteroatoms. The minimum Gasteiger partial charge on any atom is -0.423 e. The molecule has 2 aliphatic rings. The fourth-order valence-electron chi connectivity index (χ4n) is 4.09. The van der Waals surface area contributed by atoms with Gasteiger partial charge in [-0.15, -0.1) is 0 Å². The summed E-state index contributed by atoms with van der Waals surface area (Å²) in [6.45, 7) is 1.74. The highest BCUT2D eigenvalue weighted by atomic mass is 19.1. The van der Waals surface area contributed by atoms with Crippen LogP contribution in [0.15, 0.2) is 18.2 Å². The van der Waals surface area contributed by atoms with Crippen molar-refractivity contribution < 1.29 is 14.4 Å². The molecule has 1 saturated heterocycles. The van der Waals surface area contributed by atoms with E-state index in [-0.39, 0.29) is 0 Å². The van der Waals surface area contributed by atoms with E-state index < -0.39 is 12.9 Å². The maximum atomic E-state index is 13.3. The molecule has 0 bridgehead atoms. The van der Waals surface area contributed by atoms with Crippen LogP contribution < -0.4 is 5.46 Å². The van der Waals surface area contributed by atoms with Crippen LogP contribution in [-0.4, -0.2) is 34.7 Å². The van der Waals surface area contributed by atoms with Crippen LogP contribution in [0.25, 0.3) is 0 Å². The summed E-state index contributed by atoms with van der Waals surface area (Å²) in [6.07, 6.45) is 7.71. The summed E-state index contributed by atoms with van der Waals surface area (Å²) >= 11 is 0. The zero-order valence-corrected chi connectivity index (χ0v) is 12.3. The molecule has 1 aliphatic heterocycles. The molecule has 0 radical (unpaired) electrons. The van der Waals surface area contributed by atoms with Crippen molar-refractivity contribution in [3.8, 4) is 0 Å². The molecule has 2 N–H and O–H groups in total. The first-order chi connectivity index (χ1) is 10.1. The molecule has 0 amide bonds. The topological polar surface area (TPSA) is 43.7 Å². The molecular formula is C16H23BFNO2. The van der Waals surface area contributed by atoms with Gasteiger partial charge in [-0.1, -0.05) is 18.9 Å². The van der Waals surface area contributed by atoms with Gasteiger partial charge in [0.15, 0.2) is 0 Å². The Balaban J connectivity index is 1.79. The number of hydrogen-bond donors (Lipinski definition) is 2. The monoisotopic (exact) mass is 291 g/mol. The summed E-state index contributed by atoms with van der Waals surface area (Å²) in [5.41, 5.74) is 1.13. The van der Waals surface area contributed by atoms with Gasteiger partial charge in [-0.25, -0.2) is 4.39 Å². The van der Waals surface area contributed by atoms with Crippen LogP contribution in [-0.2, 0) is 6.54 Å². The molecule has 21 heavy (non-hydrogen) atoms. The molecule has 1 saturated carbocycles. The average molecular weight is 291 g/mol. The molecule has 2 atom stereocenters. The third kappa shape index (κ3) is 3.30. The second kappa shape index (κ2) is 6.47. The summed E-state index contributed by atoms with van der Waals surface area (Å²) in [5.74, 6) is 0.367. The third-order valence-corrected chi connectivity index (χ3v) is 5.12. The van der Waals surface area contributed by atoms with Gasteiger partial charge in [-0.3, -0.25) is 4.90 Å². The van der Waals surface area contributed by atoms with Crippen molar-refractivity contribution in [3.63, 3.8) is 0 Å². The molecule has 1 aromatic rings. The van der Waals surface area contributed by atoms with Crippen LogP contribution in [0.5, 0.6) is 0 Å². The van der Waals surface area contributed by atoms with Gasteiger partial charge >= 0.3 is 7.12 Å². The van der Waals surface area contributed by atoms with Crippen LogP contribution >= 0.6 is 0 Å². The van der Waals surface area contributed by atoms with Gasteiger partial charge in [-0.05, 0) is 61.3 Å². The Labute approximate surface area is 125 Å². The van der Waals surface area contributed by atoms with Crippen LogP contribution in [0.3, 0.4) is 0 Å². The lowest BCUT2D eigenvalue weighted by Crippen LogP contribution is -2.47. The lowest BCUT2D eigenvalue weighted by molar-refractivity contribution is 0.0548. The van der Waals surface area contributed by atoms with Gasteiger partial charge in [-0.2, -0.15) is 0 Å². The summed E-state index contributed by atoms with van der Waals surface area (Å²) in [5, 5.41) is 18.9. The fraction of sp³-hybridized carbons (Fsp3) is 0.625. The second-order valence-corrected chi connectivity index (χ2v) is 6.44. The number of halogens is 1. The van der Waals surface area contributed by atoms with Gasteiger partial charge in [0.25, 0.3) is 0 Å². The predicted octanol–water partition coefficient (Wildman–Crippen LogP) is 1.66. The van der Waals surface area contributed by atoms with Crippen molar-refractivity contribution in [2.75, 3.05) is 6.54 Å². The molecule has 0 aromatic heterocycles. The van der Waals surface area contributed by atoms with Crippen LogP contribution in [0, 0.1) is 11.7 Å². The van der Waals surface area contributed by atoms with Crippen molar-refractivity contribution in [1.29, 1.82) is 0 Å². The van der Waals surface area contributed by atoms with Gasteiger partial charge in [0.05, 0.1) is 0 Å². The lowest BCUT2D eigenvalue weighted by atomic mass is 9.75. The van der Waals surface area contributed by atoms with Gasteiger partial charge < -0.3 is 10.0 Å². The standard InChI is InChI=1S/C16H23BFNO2/c18-14-8-7-13(15(10-14)17(20)21)11-19-9-3-5-12-4-1-2-6-16(12)19/h7-8,10,12,16,20-21H,1-6,9,11H2. The Morgan fingerprint density at radius 3 is 2.71 bits per heavy atom. The van der Waals surface area contributed by atoms with Crippen molar-refractivity contribution in [3.05, 3.63) is 29.6 Å². The predicted molar refractivity (Wildman–Crippen MR) is 81.6 cm³/mol. The van der Waals surface area contributed by atoms with E-state index in [0.717, 1.165) is 18.0 Å².